The molecule has 0 bridgehead atoms. The number of aromatic amines is 1. The van der Waals surface area contributed by atoms with Gasteiger partial charge in [-0.1, -0.05) is 6.92 Å². The molecule has 1 saturated heterocycles. The van der Waals surface area contributed by atoms with E-state index in [4.69, 9.17) is 0 Å². The third kappa shape index (κ3) is 3.46. The van der Waals surface area contributed by atoms with Crippen molar-refractivity contribution in [2.45, 2.75) is 26.3 Å². The Balaban J connectivity index is 1.51. The number of amides is 2. The number of hydrogen-bond acceptors (Lipinski definition) is 6. The average molecular weight is 385 g/mol. The van der Waals surface area contributed by atoms with E-state index in [-0.39, 0.29) is 12.1 Å². The molecule has 3 aromatic rings. The molecule has 27 heavy (non-hydrogen) atoms. The molecule has 2 atom stereocenters. The molecule has 1 aliphatic rings. The third-order valence-electron chi connectivity index (χ3n) is 5.20. The molecule has 0 aromatic carbocycles. The minimum absolute atomic E-state index is 0.0934. The number of anilines is 2. The monoisotopic (exact) mass is 385 g/mol. The van der Waals surface area contributed by atoms with Crippen LogP contribution in [-0.4, -0.2) is 57.0 Å². The number of urea groups is 1. The number of aromatic nitrogens is 4. The standard InChI is InChI=1S/C18H23N7OS/c1-11-5-7-25(18(26)23-17-22-12(2)9-27-17)8-14(11)24(3)16-13-4-6-19-15(13)20-10-21-16/h4,6,9-11,14H,5,7-8H2,1-3H3,(H,19,20,21)(H,22,23,26). The molecule has 4 rings (SSSR count). The first kappa shape index (κ1) is 17.7. The second-order valence-corrected chi connectivity index (χ2v) is 7.91. The van der Waals surface area contributed by atoms with E-state index >= 15 is 0 Å². The number of likely N-dealkylation sites (N-methyl/N-ethyl adjacent to an activating group) is 1. The van der Waals surface area contributed by atoms with Crippen LogP contribution in [0.2, 0.25) is 0 Å². The molecule has 1 fully saturated rings. The van der Waals surface area contributed by atoms with Crippen molar-refractivity contribution in [2.24, 2.45) is 5.92 Å². The summed E-state index contributed by atoms with van der Waals surface area (Å²) in [5.41, 5.74) is 1.74. The molecule has 0 aliphatic carbocycles. The molecule has 9 heteroatoms. The Labute approximate surface area is 161 Å². The van der Waals surface area contributed by atoms with Gasteiger partial charge < -0.3 is 14.8 Å². The fourth-order valence-electron chi connectivity index (χ4n) is 3.62. The number of piperidine rings is 1. The number of likely N-dealkylation sites (tertiary alicyclic amines) is 1. The van der Waals surface area contributed by atoms with Crippen LogP contribution in [0.15, 0.2) is 24.0 Å². The van der Waals surface area contributed by atoms with E-state index in [1.54, 1.807) is 6.33 Å². The Bertz CT molecular complexity index is 952. The van der Waals surface area contributed by atoms with E-state index in [9.17, 15) is 4.79 Å². The van der Waals surface area contributed by atoms with Gasteiger partial charge in [0, 0.05) is 31.7 Å². The molecule has 0 saturated carbocycles. The molecular formula is C18H23N7OS. The Morgan fingerprint density at radius 3 is 3.07 bits per heavy atom. The molecule has 3 aromatic heterocycles. The predicted octanol–water partition coefficient (Wildman–Crippen LogP) is 3.10. The molecule has 2 N–H and O–H groups in total. The van der Waals surface area contributed by atoms with Crippen LogP contribution in [0.1, 0.15) is 19.0 Å². The van der Waals surface area contributed by atoms with Gasteiger partial charge in [-0.25, -0.2) is 19.7 Å². The van der Waals surface area contributed by atoms with Crippen molar-refractivity contribution < 1.29 is 4.79 Å². The van der Waals surface area contributed by atoms with Crippen LogP contribution in [-0.2, 0) is 0 Å². The fraction of sp³-hybridized carbons (Fsp3) is 0.444. The summed E-state index contributed by atoms with van der Waals surface area (Å²) in [6.45, 7) is 5.54. The first-order valence-corrected chi connectivity index (χ1v) is 9.90. The van der Waals surface area contributed by atoms with E-state index in [0.29, 0.717) is 17.6 Å². The van der Waals surface area contributed by atoms with Gasteiger partial charge in [0.1, 0.15) is 17.8 Å². The maximum atomic E-state index is 12.7. The Hall–Kier alpha value is -2.68. The SMILES string of the molecule is Cc1csc(NC(=O)N2CCC(C)C(N(C)c3ncnc4[nH]ccc34)C2)n1. The maximum Gasteiger partial charge on any atom is 0.323 e. The number of aryl methyl sites for hydroxylation is 1. The summed E-state index contributed by atoms with van der Waals surface area (Å²) in [4.78, 5) is 32.9. The zero-order valence-electron chi connectivity index (χ0n) is 15.6. The third-order valence-corrected chi connectivity index (χ3v) is 6.08. The summed E-state index contributed by atoms with van der Waals surface area (Å²) in [7, 11) is 2.04. The van der Waals surface area contributed by atoms with Gasteiger partial charge in [-0.3, -0.25) is 5.32 Å². The lowest BCUT2D eigenvalue weighted by molar-refractivity contribution is 0.172. The van der Waals surface area contributed by atoms with E-state index in [2.05, 4.69) is 37.1 Å². The van der Waals surface area contributed by atoms with Crippen molar-refractivity contribution in [2.75, 3.05) is 30.4 Å². The number of thiazole rings is 1. The lowest BCUT2D eigenvalue weighted by atomic mass is 9.92. The summed E-state index contributed by atoms with van der Waals surface area (Å²) in [5, 5.41) is 6.49. The number of nitrogens with zero attached hydrogens (tertiary/aromatic N) is 5. The van der Waals surface area contributed by atoms with Gasteiger partial charge in [-0.15, -0.1) is 11.3 Å². The zero-order valence-corrected chi connectivity index (χ0v) is 16.5. The molecule has 142 valence electrons. The van der Waals surface area contributed by atoms with Crippen LogP contribution in [0.3, 0.4) is 0 Å². The van der Waals surface area contributed by atoms with Gasteiger partial charge in [-0.2, -0.15) is 0 Å². The Morgan fingerprint density at radius 1 is 1.44 bits per heavy atom. The largest absolute Gasteiger partial charge is 0.354 e. The predicted molar refractivity (Wildman–Crippen MR) is 107 cm³/mol. The summed E-state index contributed by atoms with van der Waals surface area (Å²) in [6.07, 6.45) is 4.39. The van der Waals surface area contributed by atoms with Crippen molar-refractivity contribution in [1.29, 1.82) is 0 Å². The highest BCUT2D eigenvalue weighted by Crippen LogP contribution is 2.29. The first-order valence-electron chi connectivity index (χ1n) is 9.02. The Kier molecular flexibility index (Phi) is 4.69. The van der Waals surface area contributed by atoms with Gasteiger partial charge in [-0.05, 0) is 25.3 Å². The van der Waals surface area contributed by atoms with E-state index < -0.39 is 0 Å². The minimum atomic E-state index is -0.0934. The lowest BCUT2D eigenvalue weighted by Gasteiger charge is -2.42. The second-order valence-electron chi connectivity index (χ2n) is 7.05. The number of carbonyl (C=O) groups is 1. The highest BCUT2D eigenvalue weighted by molar-refractivity contribution is 7.13. The van der Waals surface area contributed by atoms with E-state index in [0.717, 1.165) is 35.5 Å². The second kappa shape index (κ2) is 7.15. The maximum absolute atomic E-state index is 12.7. The highest BCUT2D eigenvalue weighted by atomic mass is 32.1. The van der Waals surface area contributed by atoms with Crippen molar-refractivity contribution in [3.05, 3.63) is 29.7 Å². The van der Waals surface area contributed by atoms with Gasteiger partial charge in [0.05, 0.1) is 17.1 Å². The van der Waals surface area contributed by atoms with Crippen LogP contribution >= 0.6 is 11.3 Å². The van der Waals surface area contributed by atoms with E-state index in [1.807, 2.05) is 36.5 Å². The van der Waals surface area contributed by atoms with Crippen molar-refractivity contribution >= 4 is 39.4 Å². The molecule has 0 radical (unpaired) electrons. The molecule has 4 heterocycles. The summed E-state index contributed by atoms with van der Waals surface area (Å²) >= 11 is 1.45. The quantitative estimate of drug-likeness (QED) is 0.723. The van der Waals surface area contributed by atoms with Crippen molar-refractivity contribution in [3.8, 4) is 0 Å². The Morgan fingerprint density at radius 2 is 2.30 bits per heavy atom. The molecule has 0 spiro atoms. The van der Waals surface area contributed by atoms with E-state index in [1.165, 1.54) is 11.3 Å². The highest BCUT2D eigenvalue weighted by Gasteiger charge is 2.33. The molecule has 8 nitrogen and oxygen atoms in total. The average Bonchev–Trinajstić information content (AvgIpc) is 3.30. The smallest absolute Gasteiger partial charge is 0.323 e. The first-order chi connectivity index (χ1) is 13.0. The number of hydrogen-bond donors (Lipinski definition) is 2. The van der Waals surface area contributed by atoms with Crippen LogP contribution in [0.25, 0.3) is 11.0 Å². The minimum Gasteiger partial charge on any atom is -0.354 e. The van der Waals surface area contributed by atoms with Gasteiger partial charge >= 0.3 is 6.03 Å². The van der Waals surface area contributed by atoms with Crippen LogP contribution in [0, 0.1) is 12.8 Å². The van der Waals surface area contributed by atoms with Crippen molar-refractivity contribution in [1.82, 2.24) is 24.8 Å². The number of carbonyl (C=O) groups excluding carboxylic acids is 1. The summed E-state index contributed by atoms with van der Waals surface area (Å²) in [6, 6.07) is 2.07. The van der Waals surface area contributed by atoms with Gasteiger partial charge in [0.2, 0.25) is 0 Å². The number of nitrogens with one attached hydrogen (secondary N) is 2. The number of fused-ring (bicyclic) bond motifs is 1. The number of rotatable bonds is 3. The topological polar surface area (TPSA) is 90.0 Å². The number of H-pyrrole nitrogens is 1. The van der Waals surface area contributed by atoms with Crippen LogP contribution in [0.5, 0.6) is 0 Å². The molecular weight excluding hydrogens is 362 g/mol. The molecule has 2 amide bonds. The summed E-state index contributed by atoms with van der Waals surface area (Å²) < 4.78 is 0. The molecule has 1 aliphatic heterocycles. The molecule has 2 unspecified atom stereocenters. The van der Waals surface area contributed by atoms with Crippen molar-refractivity contribution in [3.63, 3.8) is 0 Å². The zero-order chi connectivity index (χ0) is 19.0. The normalized spacial score (nSPS) is 20.0. The van der Waals surface area contributed by atoms with Gasteiger partial charge in [0.25, 0.3) is 0 Å². The van der Waals surface area contributed by atoms with Crippen LogP contribution < -0.4 is 10.2 Å². The lowest BCUT2D eigenvalue weighted by Crippen LogP contribution is -2.53. The summed E-state index contributed by atoms with van der Waals surface area (Å²) in [5.74, 6) is 1.33. The van der Waals surface area contributed by atoms with Gasteiger partial charge in [0.15, 0.2) is 5.13 Å². The van der Waals surface area contributed by atoms with Crippen LogP contribution in [0.4, 0.5) is 15.7 Å². The fourth-order valence-corrected chi connectivity index (χ4v) is 4.29.